The summed E-state index contributed by atoms with van der Waals surface area (Å²) < 4.78 is 32.4. The highest BCUT2D eigenvalue weighted by atomic mass is 19.1. The summed E-state index contributed by atoms with van der Waals surface area (Å²) in [6.07, 6.45) is 0. The molecule has 4 rings (SSSR count). The fourth-order valence-corrected chi connectivity index (χ4v) is 3.48. The molecule has 1 aromatic carbocycles. The molecule has 2 fully saturated rings. The van der Waals surface area contributed by atoms with Crippen LogP contribution in [-0.4, -0.2) is 58.8 Å². The van der Waals surface area contributed by atoms with Gasteiger partial charge in [0.15, 0.2) is 0 Å². The Morgan fingerprint density at radius 1 is 1.22 bits per heavy atom. The third-order valence-corrected chi connectivity index (χ3v) is 4.88. The van der Waals surface area contributed by atoms with Crippen molar-refractivity contribution in [3.05, 3.63) is 41.3 Å². The number of amides is 2. The van der Waals surface area contributed by atoms with Crippen LogP contribution in [0.3, 0.4) is 0 Å². The maximum Gasteiger partial charge on any atom is 0.244 e. The molecule has 27 heavy (non-hydrogen) atoms. The van der Waals surface area contributed by atoms with E-state index in [4.69, 9.17) is 4.42 Å². The molecule has 2 amide bonds. The van der Waals surface area contributed by atoms with Gasteiger partial charge in [0.2, 0.25) is 17.7 Å². The van der Waals surface area contributed by atoms with Crippen LogP contribution in [0.4, 0.5) is 8.78 Å². The van der Waals surface area contributed by atoms with Crippen LogP contribution in [0.25, 0.3) is 11.5 Å². The van der Waals surface area contributed by atoms with E-state index in [9.17, 15) is 18.4 Å². The lowest BCUT2D eigenvalue weighted by Crippen LogP contribution is -2.65. The quantitative estimate of drug-likeness (QED) is 0.867. The van der Waals surface area contributed by atoms with Crippen molar-refractivity contribution in [2.45, 2.75) is 19.5 Å². The van der Waals surface area contributed by atoms with E-state index in [1.807, 2.05) is 4.90 Å². The van der Waals surface area contributed by atoms with Crippen LogP contribution < -0.4 is 5.32 Å². The van der Waals surface area contributed by atoms with Crippen LogP contribution in [0.1, 0.15) is 11.5 Å². The lowest BCUT2D eigenvalue weighted by atomic mass is 10.1. The van der Waals surface area contributed by atoms with Crippen molar-refractivity contribution in [3.63, 3.8) is 0 Å². The average Bonchev–Trinajstić information content (AvgIpc) is 2.98. The second kappa shape index (κ2) is 6.73. The standard InChI is InChI=1S/C18H18F2N4O3/c1-10-14(22-18(27-10)11-4-12(19)6-13(20)5-11)8-23-2-3-24-15(9-23)17(26)21-7-16(24)25/h4-6,15H,2-3,7-9H2,1H3,(H,21,26)/t15-/m1/s1. The van der Waals surface area contributed by atoms with Crippen LogP contribution in [0.15, 0.2) is 22.6 Å². The zero-order valence-electron chi connectivity index (χ0n) is 14.7. The Morgan fingerprint density at radius 3 is 2.70 bits per heavy atom. The van der Waals surface area contributed by atoms with Gasteiger partial charge in [0.05, 0.1) is 12.2 Å². The summed E-state index contributed by atoms with van der Waals surface area (Å²) in [6.45, 7) is 3.66. The number of nitrogens with one attached hydrogen (secondary N) is 1. The maximum absolute atomic E-state index is 13.4. The second-order valence-electron chi connectivity index (χ2n) is 6.74. The molecule has 0 spiro atoms. The largest absolute Gasteiger partial charge is 0.441 e. The van der Waals surface area contributed by atoms with Gasteiger partial charge in [-0.2, -0.15) is 0 Å². The Bertz CT molecular complexity index is 894. The number of carbonyl (C=O) groups is 2. The molecular weight excluding hydrogens is 358 g/mol. The fraction of sp³-hybridized carbons (Fsp3) is 0.389. The molecule has 0 bridgehead atoms. The summed E-state index contributed by atoms with van der Waals surface area (Å²) in [5.41, 5.74) is 0.856. The van der Waals surface area contributed by atoms with Gasteiger partial charge in [-0.3, -0.25) is 14.5 Å². The number of halogens is 2. The summed E-state index contributed by atoms with van der Waals surface area (Å²) in [6, 6.07) is 2.60. The second-order valence-corrected chi connectivity index (χ2v) is 6.74. The smallest absolute Gasteiger partial charge is 0.244 e. The summed E-state index contributed by atoms with van der Waals surface area (Å²) in [5.74, 6) is -0.955. The first kappa shape index (κ1) is 17.6. The van der Waals surface area contributed by atoms with Crippen molar-refractivity contribution in [1.82, 2.24) is 20.1 Å². The molecular formula is C18H18F2N4O3. The molecule has 1 N–H and O–H groups in total. The van der Waals surface area contributed by atoms with Crippen LogP contribution in [0, 0.1) is 18.6 Å². The molecule has 7 nitrogen and oxygen atoms in total. The number of carbonyl (C=O) groups excluding carboxylic acids is 2. The number of oxazole rings is 1. The van der Waals surface area contributed by atoms with Gasteiger partial charge in [0.1, 0.15) is 23.4 Å². The molecule has 3 heterocycles. The van der Waals surface area contributed by atoms with Gasteiger partial charge in [0, 0.05) is 37.8 Å². The van der Waals surface area contributed by atoms with Crippen molar-refractivity contribution in [2.75, 3.05) is 26.2 Å². The van der Waals surface area contributed by atoms with Crippen LogP contribution in [0.2, 0.25) is 0 Å². The molecule has 2 saturated heterocycles. The van der Waals surface area contributed by atoms with Crippen LogP contribution >= 0.6 is 0 Å². The molecule has 1 aromatic heterocycles. The maximum atomic E-state index is 13.4. The molecule has 9 heteroatoms. The van der Waals surface area contributed by atoms with Gasteiger partial charge in [-0.15, -0.1) is 0 Å². The van der Waals surface area contributed by atoms with Gasteiger partial charge in [0.25, 0.3) is 0 Å². The number of hydrogen-bond acceptors (Lipinski definition) is 5. The van der Waals surface area contributed by atoms with E-state index in [0.717, 1.165) is 18.2 Å². The molecule has 0 saturated carbocycles. The van der Waals surface area contributed by atoms with Crippen molar-refractivity contribution >= 4 is 11.8 Å². The Kier molecular flexibility index (Phi) is 4.39. The summed E-state index contributed by atoms with van der Waals surface area (Å²) in [4.78, 5) is 32.0. The first-order chi connectivity index (χ1) is 12.9. The number of aryl methyl sites for hydroxylation is 1. The molecule has 2 aliphatic heterocycles. The first-order valence-electron chi connectivity index (χ1n) is 8.63. The normalized spacial score (nSPS) is 20.6. The number of nitrogens with zero attached hydrogens (tertiary/aromatic N) is 3. The van der Waals surface area contributed by atoms with Gasteiger partial charge < -0.3 is 14.6 Å². The number of rotatable bonds is 3. The third kappa shape index (κ3) is 3.42. The van der Waals surface area contributed by atoms with Crippen molar-refractivity contribution in [3.8, 4) is 11.5 Å². The number of piperazine rings is 2. The highest BCUT2D eigenvalue weighted by Gasteiger charge is 2.38. The predicted octanol–water partition coefficient (Wildman–Crippen LogP) is 1.07. The summed E-state index contributed by atoms with van der Waals surface area (Å²) in [5, 5.41) is 2.60. The third-order valence-electron chi connectivity index (χ3n) is 4.88. The summed E-state index contributed by atoms with van der Waals surface area (Å²) in [7, 11) is 0. The molecule has 0 radical (unpaired) electrons. The van der Waals surface area contributed by atoms with E-state index in [1.54, 1.807) is 11.8 Å². The number of aromatic nitrogens is 1. The van der Waals surface area contributed by atoms with E-state index >= 15 is 0 Å². The van der Waals surface area contributed by atoms with Gasteiger partial charge in [-0.25, -0.2) is 13.8 Å². The van der Waals surface area contributed by atoms with Crippen LogP contribution in [0.5, 0.6) is 0 Å². The minimum Gasteiger partial charge on any atom is -0.441 e. The SMILES string of the molecule is Cc1oc(-c2cc(F)cc(F)c2)nc1CN1CCN2C(=O)CNC(=O)[C@H]2C1. The Hall–Kier alpha value is -2.81. The molecule has 0 aliphatic carbocycles. The Balaban J connectivity index is 1.51. The highest BCUT2D eigenvalue weighted by molar-refractivity contribution is 5.95. The molecule has 1 atom stereocenters. The first-order valence-corrected chi connectivity index (χ1v) is 8.63. The predicted molar refractivity (Wildman–Crippen MR) is 90.4 cm³/mol. The van der Waals surface area contributed by atoms with E-state index < -0.39 is 17.7 Å². The Morgan fingerprint density at radius 2 is 1.96 bits per heavy atom. The zero-order chi connectivity index (χ0) is 19.1. The van der Waals surface area contributed by atoms with E-state index in [0.29, 0.717) is 37.6 Å². The minimum absolute atomic E-state index is 0.0469. The monoisotopic (exact) mass is 376 g/mol. The number of benzene rings is 1. The van der Waals surface area contributed by atoms with Gasteiger partial charge in [-0.1, -0.05) is 0 Å². The Labute approximate surface area is 153 Å². The lowest BCUT2D eigenvalue weighted by molar-refractivity contribution is -0.149. The fourth-order valence-electron chi connectivity index (χ4n) is 3.48. The number of fused-ring (bicyclic) bond motifs is 1. The topological polar surface area (TPSA) is 78.7 Å². The van der Waals surface area contributed by atoms with Crippen molar-refractivity contribution in [1.29, 1.82) is 0 Å². The molecule has 2 aliphatic rings. The van der Waals surface area contributed by atoms with Crippen molar-refractivity contribution in [2.24, 2.45) is 0 Å². The highest BCUT2D eigenvalue weighted by Crippen LogP contribution is 2.25. The molecule has 142 valence electrons. The zero-order valence-corrected chi connectivity index (χ0v) is 14.7. The lowest BCUT2D eigenvalue weighted by Gasteiger charge is -2.42. The molecule has 0 unspecified atom stereocenters. The summed E-state index contributed by atoms with van der Waals surface area (Å²) >= 11 is 0. The van der Waals surface area contributed by atoms with E-state index in [2.05, 4.69) is 10.3 Å². The van der Waals surface area contributed by atoms with Crippen molar-refractivity contribution < 1.29 is 22.8 Å². The molecule has 2 aromatic rings. The average molecular weight is 376 g/mol. The number of hydrogen-bond donors (Lipinski definition) is 1. The van der Waals surface area contributed by atoms with Gasteiger partial charge in [-0.05, 0) is 19.1 Å². The van der Waals surface area contributed by atoms with E-state index in [-0.39, 0.29) is 29.8 Å². The van der Waals surface area contributed by atoms with E-state index in [1.165, 1.54) is 0 Å². The van der Waals surface area contributed by atoms with Crippen LogP contribution in [-0.2, 0) is 16.1 Å². The minimum atomic E-state index is -0.702. The van der Waals surface area contributed by atoms with Gasteiger partial charge >= 0.3 is 0 Å².